The van der Waals surface area contributed by atoms with Crippen LogP contribution >= 0.6 is 11.5 Å². The molecule has 0 saturated carbocycles. The van der Waals surface area contributed by atoms with Crippen molar-refractivity contribution in [3.05, 3.63) is 10.8 Å². The van der Waals surface area contributed by atoms with Crippen LogP contribution in [-0.4, -0.2) is 16.5 Å². The van der Waals surface area contributed by atoms with E-state index in [1.807, 2.05) is 6.92 Å². The molecule has 12 heavy (non-hydrogen) atoms. The van der Waals surface area contributed by atoms with Crippen molar-refractivity contribution >= 4 is 11.5 Å². The minimum atomic E-state index is -0.0353. The number of ether oxygens (including phenoxy) is 1. The number of nitrogens with zero attached hydrogens (tertiary/aromatic N) is 2. The molecule has 1 heterocycles. The molecule has 0 spiro atoms. The molecule has 0 aliphatic carbocycles. The molecule has 1 rings (SSSR count). The Kier molecular flexibility index (Phi) is 3.58. The van der Waals surface area contributed by atoms with Gasteiger partial charge in [-0.25, -0.2) is 4.98 Å². The quantitative estimate of drug-likeness (QED) is 0.766. The van der Waals surface area contributed by atoms with Gasteiger partial charge in [0.05, 0.1) is 12.6 Å². The number of hydrogen-bond acceptors (Lipinski definition) is 5. The van der Waals surface area contributed by atoms with Crippen LogP contribution in [0.4, 0.5) is 0 Å². The van der Waals surface area contributed by atoms with Gasteiger partial charge in [-0.3, -0.25) is 0 Å². The molecule has 0 bridgehead atoms. The Bertz CT molecular complexity index is 238. The number of rotatable bonds is 4. The summed E-state index contributed by atoms with van der Waals surface area (Å²) in [6.07, 6.45) is 0.864. The van der Waals surface area contributed by atoms with Gasteiger partial charge in [-0.15, -0.1) is 0 Å². The average Bonchev–Trinajstić information content (AvgIpc) is 2.52. The van der Waals surface area contributed by atoms with Gasteiger partial charge in [-0.1, -0.05) is 6.92 Å². The van der Waals surface area contributed by atoms with Crippen molar-refractivity contribution in [2.24, 2.45) is 5.73 Å². The van der Waals surface area contributed by atoms with Gasteiger partial charge >= 0.3 is 0 Å². The first kappa shape index (κ1) is 9.57. The van der Waals surface area contributed by atoms with Crippen LogP contribution in [0.2, 0.25) is 0 Å². The van der Waals surface area contributed by atoms with Gasteiger partial charge in [0.25, 0.3) is 0 Å². The highest BCUT2D eigenvalue weighted by Gasteiger charge is 2.09. The third-order valence-electron chi connectivity index (χ3n) is 1.52. The summed E-state index contributed by atoms with van der Waals surface area (Å²) in [4.78, 5) is 4.23. The molecule has 1 aromatic heterocycles. The molecule has 0 aromatic carbocycles. The Balaban J connectivity index is 2.63. The summed E-state index contributed by atoms with van der Waals surface area (Å²) in [5, 5.41) is 0.886. The normalized spacial score (nSPS) is 13.2. The number of nitrogens with two attached hydrogens (primary N) is 1. The van der Waals surface area contributed by atoms with E-state index >= 15 is 0 Å². The van der Waals surface area contributed by atoms with E-state index in [9.17, 15) is 0 Å². The van der Waals surface area contributed by atoms with Crippen molar-refractivity contribution in [1.82, 2.24) is 9.36 Å². The first-order chi connectivity index (χ1) is 5.77. The summed E-state index contributed by atoms with van der Waals surface area (Å²) < 4.78 is 9.05. The molecular weight excluding hydrogens is 174 g/mol. The number of aromatic nitrogens is 2. The summed E-state index contributed by atoms with van der Waals surface area (Å²) in [7, 11) is 1.64. The summed E-state index contributed by atoms with van der Waals surface area (Å²) in [6.45, 7) is 2.54. The van der Waals surface area contributed by atoms with Crippen LogP contribution in [0.5, 0.6) is 0 Å². The molecule has 0 aliphatic rings. The smallest absolute Gasteiger partial charge is 0.159 e. The zero-order valence-corrected chi connectivity index (χ0v) is 8.10. The molecule has 1 unspecified atom stereocenters. The molecule has 1 atom stereocenters. The molecular formula is C7H13N3OS. The molecule has 68 valence electrons. The van der Waals surface area contributed by atoms with Crippen LogP contribution in [0.3, 0.4) is 0 Å². The highest BCUT2D eigenvalue weighted by Crippen LogP contribution is 2.13. The van der Waals surface area contributed by atoms with Gasteiger partial charge in [-0.2, -0.15) is 4.37 Å². The summed E-state index contributed by atoms with van der Waals surface area (Å²) >= 11 is 1.35. The van der Waals surface area contributed by atoms with E-state index < -0.39 is 0 Å². The Labute approximate surface area is 75.9 Å². The summed E-state index contributed by atoms with van der Waals surface area (Å²) in [5.74, 6) is 0.731. The van der Waals surface area contributed by atoms with Crippen molar-refractivity contribution in [1.29, 1.82) is 0 Å². The molecule has 0 saturated heterocycles. The minimum Gasteiger partial charge on any atom is -0.377 e. The van der Waals surface area contributed by atoms with Gasteiger partial charge in [0.15, 0.2) is 5.82 Å². The highest BCUT2D eigenvalue weighted by atomic mass is 32.1. The maximum atomic E-state index is 5.74. The summed E-state index contributed by atoms with van der Waals surface area (Å²) in [6, 6.07) is -0.0353. The van der Waals surface area contributed by atoms with Crippen LogP contribution in [0, 0.1) is 0 Å². The molecule has 4 nitrogen and oxygen atoms in total. The lowest BCUT2D eigenvalue weighted by atomic mass is 10.2. The van der Waals surface area contributed by atoms with Crippen molar-refractivity contribution in [2.45, 2.75) is 26.0 Å². The van der Waals surface area contributed by atoms with Crippen molar-refractivity contribution < 1.29 is 4.74 Å². The lowest BCUT2D eigenvalue weighted by Crippen LogP contribution is -2.10. The molecule has 5 heteroatoms. The van der Waals surface area contributed by atoms with Crippen LogP contribution in [0.25, 0.3) is 0 Å². The Morgan fingerprint density at radius 2 is 2.42 bits per heavy atom. The van der Waals surface area contributed by atoms with E-state index in [4.69, 9.17) is 10.5 Å². The molecule has 0 radical (unpaired) electrons. The van der Waals surface area contributed by atoms with Crippen LogP contribution in [0.1, 0.15) is 30.2 Å². The van der Waals surface area contributed by atoms with E-state index in [0.717, 1.165) is 17.3 Å². The predicted octanol–water partition coefficient (Wildman–Crippen LogP) is 1.09. The topological polar surface area (TPSA) is 61.0 Å². The Hall–Kier alpha value is -0.520. The maximum absolute atomic E-state index is 5.74. The fourth-order valence-corrected chi connectivity index (χ4v) is 1.46. The number of methoxy groups -OCH3 is 1. The lowest BCUT2D eigenvalue weighted by Gasteiger charge is -2.00. The SMILES string of the molecule is CCC(N)c1nsc(COC)n1. The second-order valence-electron chi connectivity index (χ2n) is 2.49. The lowest BCUT2D eigenvalue weighted by molar-refractivity contribution is 0.184. The molecule has 0 fully saturated rings. The van der Waals surface area contributed by atoms with E-state index in [-0.39, 0.29) is 6.04 Å². The second-order valence-corrected chi connectivity index (χ2v) is 3.33. The van der Waals surface area contributed by atoms with Crippen LogP contribution < -0.4 is 5.73 Å². The van der Waals surface area contributed by atoms with E-state index in [2.05, 4.69) is 9.36 Å². The fourth-order valence-electron chi connectivity index (χ4n) is 0.783. The van der Waals surface area contributed by atoms with E-state index in [0.29, 0.717) is 6.61 Å². The van der Waals surface area contributed by atoms with Crippen molar-refractivity contribution in [2.75, 3.05) is 7.11 Å². The monoisotopic (exact) mass is 187 g/mol. The van der Waals surface area contributed by atoms with E-state index in [1.165, 1.54) is 11.5 Å². The van der Waals surface area contributed by atoms with Crippen molar-refractivity contribution in [3.8, 4) is 0 Å². The maximum Gasteiger partial charge on any atom is 0.159 e. The first-order valence-electron chi connectivity index (χ1n) is 3.85. The summed E-state index contributed by atoms with van der Waals surface area (Å²) in [5.41, 5.74) is 5.74. The van der Waals surface area contributed by atoms with Gasteiger partial charge in [0.1, 0.15) is 5.01 Å². The molecule has 0 aliphatic heterocycles. The van der Waals surface area contributed by atoms with Gasteiger partial charge < -0.3 is 10.5 Å². The predicted molar refractivity (Wildman–Crippen MR) is 47.8 cm³/mol. The number of hydrogen-bond donors (Lipinski definition) is 1. The van der Waals surface area contributed by atoms with Crippen LogP contribution in [-0.2, 0) is 11.3 Å². The van der Waals surface area contributed by atoms with Gasteiger partial charge in [-0.05, 0) is 18.0 Å². The first-order valence-corrected chi connectivity index (χ1v) is 4.62. The zero-order chi connectivity index (χ0) is 8.97. The van der Waals surface area contributed by atoms with E-state index in [1.54, 1.807) is 7.11 Å². The highest BCUT2D eigenvalue weighted by molar-refractivity contribution is 7.05. The average molecular weight is 187 g/mol. The van der Waals surface area contributed by atoms with Crippen LogP contribution in [0.15, 0.2) is 0 Å². The fraction of sp³-hybridized carbons (Fsp3) is 0.714. The third kappa shape index (κ3) is 2.23. The second kappa shape index (κ2) is 4.49. The molecule has 1 aromatic rings. The Morgan fingerprint density at radius 1 is 1.67 bits per heavy atom. The molecule has 2 N–H and O–H groups in total. The largest absolute Gasteiger partial charge is 0.377 e. The van der Waals surface area contributed by atoms with Crippen molar-refractivity contribution in [3.63, 3.8) is 0 Å². The zero-order valence-electron chi connectivity index (χ0n) is 7.28. The Morgan fingerprint density at radius 3 is 3.00 bits per heavy atom. The minimum absolute atomic E-state index is 0.0353. The van der Waals surface area contributed by atoms with Gasteiger partial charge in [0, 0.05) is 7.11 Å². The van der Waals surface area contributed by atoms with Gasteiger partial charge in [0.2, 0.25) is 0 Å². The standard InChI is InChI=1S/C7H13N3OS/c1-3-5(8)7-9-6(4-11-2)12-10-7/h5H,3-4,8H2,1-2H3. The third-order valence-corrected chi connectivity index (χ3v) is 2.22. The molecule has 0 amide bonds.